The molecule has 10 radical (unpaired) electrons. The minimum absolute atomic E-state index is 0.667. The quantitative estimate of drug-likeness (QED) is 0.150. The second-order valence-electron chi connectivity index (χ2n) is 6.71. The van der Waals surface area contributed by atoms with Crippen molar-refractivity contribution in [3.8, 4) is 0 Å². The summed E-state index contributed by atoms with van der Waals surface area (Å²) in [5.41, 5.74) is 0. The van der Waals surface area contributed by atoms with Gasteiger partial charge in [-0.05, 0) is 59.2 Å². The first-order valence-corrected chi connectivity index (χ1v) is 14.4. The number of rotatable bonds is 1. The molecule has 0 aromatic carbocycles. The van der Waals surface area contributed by atoms with Crippen LogP contribution in [0.5, 0.6) is 0 Å². The number of hydrogen-bond donors (Lipinski definition) is 0. The van der Waals surface area contributed by atoms with Crippen molar-refractivity contribution in [1.82, 2.24) is 0 Å². The molecule has 0 bridgehead atoms. The Bertz CT molecular complexity index is 242. The van der Waals surface area contributed by atoms with Crippen molar-refractivity contribution in [3.63, 3.8) is 0 Å². The van der Waals surface area contributed by atoms with Gasteiger partial charge < -0.3 is 12.6 Å². The summed E-state index contributed by atoms with van der Waals surface area (Å²) >= 11 is 8.56. The summed E-state index contributed by atoms with van der Waals surface area (Å²) in [6.07, 6.45) is 1.69. The molecular formula is C23H35ISTi. The normalized spacial score (nSPS) is 23.0. The first-order valence-electron chi connectivity index (χ1n) is 8.79. The van der Waals surface area contributed by atoms with Gasteiger partial charge in [0.15, 0.2) is 0 Å². The minimum atomic E-state index is 0.667. The van der Waals surface area contributed by atoms with Gasteiger partial charge in [-0.1, -0.05) is 69.2 Å². The molecule has 0 atom stereocenters. The molecule has 0 aromatic rings. The van der Waals surface area contributed by atoms with Gasteiger partial charge in [0.2, 0.25) is 0 Å². The molecule has 2 saturated carbocycles. The van der Waals surface area contributed by atoms with Crippen molar-refractivity contribution >= 4 is 31.8 Å². The molecule has 144 valence electrons. The van der Waals surface area contributed by atoms with Crippen LogP contribution >= 0.6 is 19.2 Å². The van der Waals surface area contributed by atoms with Crippen molar-refractivity contribution in [3.05, 3.63) is 71.8 Å². The van der Waals surface area contributed by atoms with Gasteiger partial charge >= 0.3 is 35.9 Å². The molecule has 0 saturated heterocycles. The van der Waals surface area contributed by atoms with Gasteiger partial charge in [0.05, 0.1) is 0 Å². The average Bonchev–Trinajstić information content (AvgIpc) is 2.94. The van der Waals surface area contributed by atoms with Crippen LogP contribution in [0.4, 0.5) is 0 Å². The van der Waals surface area contributed by atoms with Crippen molar-refractivity contribution < 1.29 is 16.7 Å². The molecular weight excluding hydrogens is 483 g/mol. The van der Waals surface area contributed by atoms with Crippen LogP contribution in [-0.4, -0.2) is 5.75 Å². The third kappa shape index (κ3) is 8.50. The summed E-state index contributed by atoms with van der Waals surface area (Å²) in [6, 6.07) is 0. The summed E-state index contributed by atoms with van der Waals surface area (Å²) < 4.78 is 0. The van der Waals surface area contributed by atoms with E-state index in [1.807, 2.05) is 16.7 Å². The molecule has 26 heavy (non-hydrogen) atoms. The molecule has 0 aromatic heterocycles. The van der Waals surface area contributed by atoms with Crippen LogP contribution in [0, 0.1) is 59.2 Å². The topological polar surface area (TPSA) is 0 Å². The molecule has 0 heterocycles. The van der Waals surface area contributed by atoms with E-state index < -0.39 is 0 Å². The van der Waals surface area contributed by atoms with Gasteiger partial charge in [-0.2, -0.15) is 5.75 Å². The monoisotopic (exact) mass is 518 g/mol. The molecule has 0 N–H and O–H groups in total. The Hall–Kier alpha value is 1.53. The van der Waals surface area contributed by atoms with E-state index in [9.17, 15) is 0 Å². The molecule has 0 spiro atoms. The average molecular weight is 518 g/mol. The fraction of sp³-hybridized carbons (Fsp3) is 0.478. The predicted molar refractivity (Wildman–Crippen MR) is 126 cm³/mol. The van der Waals surface area contributed by atoms with E-state index in [1.54, 1.807) is 6.08 Å². The number of halogens is 1. The molecule has 2 fully saturated rings. The Balaban J connectivity index is 0. The Morgan fingerprint density at radius 2 is 0.654 bits per heavy atom. The van der Waals surface area contributed by atoms with Gasteiger partial charge in [-0.25, -0.2) is 0 Å². The van der Waals surface area contributed by atoms with E-state index >= 15 is 0 Å². The summed E-state index contributed by atoms with van der Waals surface area (Å²) in [6.45, 7) is 25.4. The molecule has 0 aliphatic heterocycles. The summed E-state index contributed by atoms with van der Waals surface area (Å²) in [5.74, 6) is 15.3. The zero-order valence-corrected chi connectivity index (χ0v) is 22.8. The SMILES string of the molecule is C=CC[S-].C[C]1[C](C)[C](C)[C](C)[C]1C.C[C]1[C](C)[C](C)[C](C)[C]1C.[Ti+][I]. The maximum absolute atomic E-state index is 4.44. The second kappa shape index (κ2) is 15.4. The molecule has 2 aliphatic rings. The van der Waals surface area contributed by atoms with E-state index in [2.05, 4.69) is 108 Å². The maximum atomic E-state index is 4.44. The summed E-state index contributed by atoms with van der Waals surface area (Å²) in [7, 11) is 0. The van der Waals surface area contributed by atoms with Crippen molar-refractivity contribution in [2.45, 2.75) is 69.2 Å². The number of hydrogen-bond acceptors (Lipinski definition) is 1. The zero-order chi connectivity index (χ0) is 21.2. The van der Waals surface area contributed by atoms with Crippen LogP contribution in [0.15, 0.2) is 12.7 Å². The summed E-state index contributed by atoms with van der Waals surface area (Å²) in [5, 5.41) is 0. The third-order valence-corrected chi connectivity index (χ3v) is 5.98. The Kier molecular flexibility index (Phi) is 17.6. The van der Waals surface area contributed by atoms with Gasteiger partial charge in [-0.3, -0.25) is 0 Å². The Morgan fingerprint density at radius 3 is 0.692 bits per heavy atom. The van der Waals surface area contributed by atoms with E-state index in [-0.39, 0.29) is 0 Å². The van der Waals surface area contributed by atoms with Crippen LogP contribution in [-0.2, 0) is 29.3 Å². The fourth-order valence-corrected chi connectivity index (χ4v) is 2.81. The molecule has 0 amide bonds. The first-order chi connectivity index (χ1) is 12.0. The standard InChI is InChI=1S/2C10H15.C3H6S.HI.Ti/c2*1-6-7(2)9(4)10(5)8(6)3;1-2-3-4;;/h2*1-5H3;2,4H,1,3H2;1H;/q;;;;+2/p-2. The molecule has 2 rings (SSSR count). The summed E-state index contributed by atoms with van der Waals surface area (Å²) in [4.78, 5) is 0. The van der Waals surface area contributed by atoms with Crippen LogP contribution in [0.1, 0.15) is 69.2 Å². The van der Waals surface area contributed by atoms with Crippen molar-refractivity contribution in [1.29, 1.82) is 0 Å². The van der Waals surface area contributed by atoms with Crippen LogP contribution < -0.4 is 0 Å². The third-order valence-electron chi connectivity index (χ3n) is 5.74. The van der Waals surface area contributed by atoms with Gasteiger partial charge in [0.25, 0.3) is 0 Å². The van der Waals surface area contributed by atoms with Gasteiger partial charge in [0.1, 0.15) is 0 Å². The van der Waals surface area contributed by atoms with E-state index in [4.69, 9.17) is 0 Å². The second-order valence-corrected chi connectivity index (χ2v) is 7.04. The molecule has 3 heteroatoms. The van der Waals surface area contributed by atoms with Crippen LogP contribution in [0.3, 0.4) is 0 Å². The van der Waals surface area contributed by atoms with E-state index in [0.29, 0.717) is 5.75 Å². The van der Waals surface area contributed by atoms with Crippen LogP contribution in [0.25, 0.3) is 0 Å². The first kappa shape index (κ1) is 29.7. The Labute approximate surface area is 194 Å². The zero-order valence-electron chi connectivity index (χ0n) is 18.3. The molecule has 0 unspecified atom stereocenters. The molecule has 2 aliphatic carbocycles. The van der Waals surface area contributed by atoms with E-state index in [1.165, 1.54) is 59.2 Å². The predicted octanol–water partition coefficient (Wildman–Crippen LogP) is 7.55. The van der Waals surface area contributed by atoms with Crippen molar-refractivity contribution in [2.75, 3.05) is 5.75 Å². The van der Waals surface area contributed by atoms with Crippen molar-refractivity contribution in [2.24, 2.45) is 0 Å². The van der Waals surface area contributed by atoms with Gasteiger partial charge in [-0.15, -0.1) is 12.7 Å². The fourth-order valence-electron chi connectivity index (χ4n) is 2.81. The van der Waals surface area contributed by atoms with Gasteiger partial charge in [0, 0.05) is 0 Å². The van der Waals surface area contributed by atoms with E-state index in [0.717, 1.165) is 0 Å². The Morgan fingerprint density at radius 1 is 0.577 bits per heavy atom. The molecule has 0 nitrogen and oxygen atoms in total. The van der Waals surface area contributed by atoms with Crippen LogP contribution in [0.2, 0.25) is 0 Å².